The first-order chi connectivity index (χ1) is 9.79. The van der Waals surface area contributed by atoms with E-state index in [9.17, 15) is 18.3 Å². The van der Waals surface area contributed by atoms with E-state index in [1.807, 2.05) is 0 Å². The van der Waals surface area contributed by atoms with E-state index in [-0.39, 0.29) is 23.0 Å². The van der Waals surface area contributed by atoms with Gasteiger partial charge < -0.3 is 10.4 Å². The van der Waals surface area contributed by atoms with Crippen molar-refractivity contribution in [2.45, 2.75) is 12.7 Å². The van der Waals surface area contributed by atoms with Crippen LogP contribution in [0.25, 0.3) is 0 Å². The Bertz CT molecular complexity index is 659. The van der Waals surface area contributed by atoms with E-state index in [2.05, 4.69) is 5.32 Å². The van der Waals surface area contributed by atoms with Gasteiger partial charge in [0.2, 0.25) is 0 Å². The first-order valence-corrected chi connectivity index (χ1v) is 6.61. The normalized spacial score (nSPS) is 11.5. The van der Waals surface area contributed by atoms with Crippen LogP contribution < -0.4 is 5.32 Å². The Morgan fingerprint density at radius 3 is 2.43 bits per heavy atom. The summed E-state index contributed by atoms with van der Waals surface area (Å²) in [6.45, 7) is -0.0425. The maximum Gasteiger partial charge on any atom is 0.418 e. The molecule has 7 heteroatoms. The second kappa shape index (κ2) is 6.03. The molecule has 0 unspecified atom stereocenters. The molecule has 0 fully saturated rings. The summed E-state index contributed by atoms with van der Waals surface area (Å²) in [4.78, 5) is 0. The van der Waals surface area contributed by atoms with Gasteiger partial charge in [-0.05, 0) is 24.3 Å². The van der Waals surface area contributed by atoms with Gasteiger partial charge in [-0.25, -0.2) is 0 Å². The van der Waals surface area contributed by atoms with Gasteiger partial charge in [-0.3, -0.25) is 0 Å². The van der Waals surface area contributed by atoms with Gasteiger partial charge >= 0.3 is 6.18 Å². The summed E-state index contributed by atoms with van der Waals surface area (Å²) < 4.78 is 38.6. The average molecular weight is 336 g/mol. The molecule has 0 spiro atoms. The number of halogens is 5. The maximum absolute atomic E-state index is 12.9. The fourth-order valence-corrected chi connectivity index (χ4v) is 2.36. The lowest BCUT2D eigenvalue weighted by Crippen LogP contribution is -2.10. The highest BCUT2D eigenvalue weighted by molar-refractivity contribution is 6.35. The third kappa shape index (κ3) is 3.74. The van der Waals surface area contributed by atoms with Crippen molar-refractivity contribution in [3.05, 3.63) is 57.6 Å². The zero-order valence-electron chi connectivity index (χ0n) is 10.5. The van der Waals surface area contributed by atoms with Gasteiger partial charge in [0.25, 0.3) is 0 Å². The minimum absolute atomic E-state index is 0.0425. The molecule has 0 aliphatic rings. The monoisotopic (exact) mass is 335 g/mol. The second-order valence-corrected chi connectivity index (χ2v) is 5.14. The summed E-state index contributed by atoms with van der Waals surface area (Å²) in [5, 5.41) is 12.7. The van der Waals surface area contributed by atoms with E-state index >= 15 is 0 Å². The second-order valence-electron chi connectivity index (χ2n) is 4.29. The van der Waals surface area contributed by atoms with Crippen LogP contribution in [-0.2, 0) is 12.7 Å². The molecule has 112 valence electrons. The Morgan fingerprint density at radius 1 is 1.10 bits per heavy atom. The third-order valence-corrected chi connectivity index (χ3v) is 3.32. The number of rotatable bonds is 3. The predicted octanol–water partition coefficient (Wildman–Crippen LogP) is 5.33. The molecule has 0 radical (unpaired) electrons. The Balaban J connectivity index is 2.26. The number of aromatic hydroxyl groups is 1. The van der Waals surface area contributed by atoms with Crippen molar-refractivity contribution in [1.29, 1.82) is 0 Å². The highest BCUT2D eigenvalue weighted by Gasteiger charge is 2.33. The van der Waals surface area contributed by atoms with Crippen molar-refractivity contribution in [3.63, 3.8) is 0 Å². The van der Waals surface area contributed by atoms with Crippen LogP contribution in [0.15, 0.2) is 36.4 Å². The number of hydrogen-bond donors (Lipinski definition) is 2. The minimum Gasteiger partial charge on any atom is -0.506 e. The number of hydrogen-bond acceptors (Lipinski definition) is 2. The SMILES string of the molecule is Oc1c(Cl)cc(Cl)cc1CNc1ccccc1C(F)(F)F. The van der Waals surface area contributed by atoms with Gasteiger partial charge in [-0.1, -0.05) is 35.3 Å². The molecule has 0 aromatic heterocycles. The highest BCUT2D eigenvalue weighted by Crippen LogP contribution is 2.36. The van der Waals surface area contributed by atoms with Crippen molar-refractivity contribution < 1.29 is 18.3 Å². The summed E-state index contributed by atoms with van der Waals surface area (Å²) >= 11 is 11.6. The molecule has 2 N–H and O–H groups in total. The van der Waals surface area contributed by atoms with Crippen LogP contribution in [0.5, 0.6) is 5.75 Å². The van der Waals surface area contributed by atoms with Gasteiger partial charge in [0.1, 0.15) is 5.75 Å². The van der Waals surface area contributed by atoms with Crippen LogP contribution in [0, 0.1) is 0 Å². The summed E-state index contributed by atoms with van der Waals surface area (Å²) in [5.41, 5.74) is -0.553. The molecule has 0 aliphatic carbocycles. The van der Waals surface area contributed by atoms with E-state index in [1.54, 1.807) is 0 Å². The van der Waals surface area contributed by atoms with Crippen LogP contribution in [0.2, 0.25) is 10.0 Å². The standard InChI is InChI=1S/C14H10Cl2F3NO/c15-9-5-8(13(21)11(16)6-9)7-20-12-4-2-1-3-10(12)14(17,18)19/h1-6,20-21H,7H2. The Kier molecular flexibility index (Phi) is 4.54. The van der Waals surface area contributed by atoms with Gasteiger partial charge in [0, 0.05) is 22.8 Å². The van der Waals surface area contributed by atoms with Gasteiger partial charge in [0.05, 0.1) is 10.6 Å². The van der Waals surface area contributed by atoms with Gasteiger partial charge in [-0.15, -0.1) is 0 Å². The molecule has 0 atom stereocenters. The number of nitrogens with one attached hydrogen (secondary N) is 1. The summed E-state index contributed by atoms with van der Waals surface area (Å²) in [6.07, 6.45) is -4.46. The first kappa shape index (κ1) is 15.8. The van der Waals surface area contributed by atoms with E-state index in [4.69, 9.17) is 23.2 Å². The topological polar surface area (TPSA) is 32.3 Å². The van der Waals surface area contributed by atoms with Crippen LogP contribution in [-0.4, -0.2) is 5.11 Å². The molecule has 21 heavy (non-hydrogen) atoms. The number of para-hydroxylation sites is 1. The van der Waals surface area contributed by atoms with Crippen LogP contribution >= 0.6 is 23.2 Å². The largest absolute Gasteiger partial charge is 0.506 e. The molecular formula is C14H10Cl2F3NO. The molecule has 0 bridgehead atoms. The van der Waals surface area contributed by atoms with Crippen molar-refractivity contribution >= 4 is 28.9 Å². The van der Waals surface area contributed by atoms with Crippen LogP contribution in [0.4, 0.5) is 18.9 Å². The van der Waals surface area contributed by atoms with E-state index in [0.29, 0.717) is 10.6 Å². The van der Waals surface area contributed by atoms with E-state index in [0.717, 1.165) is 6.07 Å². The molecule has 2 nitrogen and oxygen atoms in total. The average Bonchev–Trinajstić information content (AvgIpc) is 2.40. The van der Waals surface area contributed by atoms with Crippen molar-refractivity contribution in [2.24, 2.45) is 0 Å². The fraction of sp³-hybridized carbons (Fsp3) is 0.143. The molecule has 2 rings (SSSR count). The Morgan fingerprint density at radius 2 is 1.76 bits per heavy atom. The molecule has 2 aromatic rings. The first-order valence-electron chi connectivity index (χ1n) is 5.86. The van der Waals surface area contributed by atoms with Gasteiger partial charge in [-0.2, -0.15) is 13.2 Å². The molecule has 0 saturated carbocycles. The number of benzene rings is 2. The predicted molar refractivity (Wildman–Crippen MR) is 76.9 cm³/mol. The van der Waals surface area contributed by atoms with E-state index in [1.165, 1.54) is 30.3 Å². The van der Waals surface area contributed by atoms with E-state index < -0.39 is 11.7 Å². The molecular weight excluding hydrogens is 326 g/mol. The lowest BCUT2D eigenvalue weighted by Gasteiger charge is -2.15. The number of alkyl halides is 3. The maximum atomic E-state index is 12.9. The van der Waals surface area contributed by atoms with Crippen molar-refractivity contribution in [3.8, 4) is 5.75 Å². The molecule has 0 heterocycles. The smallest absolute Gasteiger partial charge is 0.418 e. The molecule has 0 amide bonds. The number of anilines is 1. The summed E-state index contributed by atoms with van der Waals surface area (Å²) in [7, 11) is 0. The van der Waals surface area contributed by atoms with Crippen molar-refractivity contribution in [1.82, 2.24) is 0 Å². The Labute approximate surface area is 129 Å². The van der Waals surface area contributed by atoms with Crippen LogP contribution in [0.1, 0.15) is 11.1 Å². The number of phenols is 1. The lowest BCUT2D eigenvalue weighted by atomic mass is 10.1. The zero-order valence-corrected chi connectivity index (χ0v) is 12.0. The third-order valence-electron chi connectivity index (χ3n) is 2.81. The molecule has 2 aromatic carbocycles. The van der Waals surface area contributed by atoms with Crippen LogP contribution in [0.3, 0.4) is 0 Å². The quantitative estimate of drug-likeness (QED) is 0.794. The lowest BCUT2D eigenvalue weighted by molar-refractivity contribution is -0.136. The highest BCUT2D eigenvalue weighted by atomic mass is 35.5. The Hall–Kier alpha value is -1.59. The summed E-state index contributed by atoms with van der Waals surface area (Å²) in [6, 6.07) is 7.88. The fourth-order valence-electron chi connectivity index (χ4n) is 1.83. The van der Waals surface area contributed by atoms with Crippen molar-refractivity contribution in [2.75, 3.05) is 5.32 Å². The van der Waals surface area contributed by atoms with Gasteiger partial charge in [0.15, 0.2) is 0 Å². The molecule has 0 aliphatic heterocycles. The summed E-state index contributed by atoms with van der Waals surface area (Å²) in [5.74, 6) is -0.210. The molecule has 0 saturated heterocycles. The number of phenolic OH excluding ortho intramolecular Hbond substituents is 1. The minimum atomic E-state index is -4.46. The zero-order chi connectivity index (χ0) is 15.6.